The minimum atomic E-state index is -0.872. The molecule has 0 aliphatic rings. The summed E-state index contributed by atoms with van der Waals surface area (Å²) in [5.74, 6) is -0.872. The van der Waals surface area contributed by atoms with Gasteiger partial charge in [-0.3, -0.25) is 10.1 Å². The fourth-order valence-corrected chi connectivity index (χ4v) is 1.53. The molecule has 1 rings (SSSR count). The van der Waals surface area contributed by atoms with Gasteiger partial charge in [-0.1, -0.05) is 13.0 Å². The molecular weight excluding hydrogens is 224 g/mol. The summed E-state index contributed by atoms with van der Waals surface area (Å²) >= 11 is 0. The first-order valence-electron chi connectivity index (χ1n) is 4.85. The number of nitriles is 1. The molecule has 0 heterocycles. The number of nitro benzene ring substituents is 1. The molecule has 0 N–H and O–H groups in total. The molecule has 0 aromatic heterocycles. The highest BCUT2D eigenvalue weighted by atomic mass is 16.6. The topological polar surface area (TPSA) is 93.2 Å². The van der Waals surface area contributed by atoms with Crippen LogP contribution in [-0.2, 0) is 11.2 Å². The molecule has 1 aromatic carbocycles. The van der Waals surface area contributed by atoms with Gasteiger partial charge in [-0.25, -0.2) is 4.79 Å². The Labute approximate surface area is 97.6 Å². The van der Waals surface area contributed by atoms with Gasteiger partial charge >= 0.3 is 5.97 Å². The van der Waals surface area contributed by atoms with Crippen LogP contribution >= 0.6 is 0 Å². The Balaban J connectivity index is 3.65. The molecule has 0 aliphatic heterocycles. The number of nitro groups is 1. The molecule has 6 heteroatoms. The minimum absolute atomic E-state index is 0.0549. The second kappa shape index (κ2) is 5.07. The summed E-state index contributed by atoms with van der Waals surface area (Å²) in [6.07, 6.45) is 0.395. The molecule has 88 valence electrons. The third-order valence-electron chi connectivity index (χ3n) is 2.33. The van der Waals surface area contributed by atoms with E-state index in [9.17, 15) is 14.9 Å². The van der Waals surface area contributed by atoms with E-state index in [1.165, 1.54) is 12.1 Å². The van der Waals surface area contributed by atoms with Crippen LogP contribution in [0.25, 0.3) is 0 Å². The largest absolute Gasteiger partial charge is 0.465 e. The number of benzene rings is 1. The Kier molecular flexibility index (Phi) is 3.78. The van der Waals surface area contributed by atoms with Crippen LogP contribution in [0.3, 0.4) is 0 Å². The molecular formula is C11H10N2O4. The quantitative estimate of drug-likeness (QED) is 0.451. The lowest BCUT2D eigenvalue weighted by Gasteiger charge is -2.06. The number of hydrogen-bond acceptors (Lipinski definition) is 5. The van der Waals surface area contributed by atoms with Gasteiger partial charge in [0.25, 0.3) is 5.69 Å². The molecule has 0 unspecified atom stereocenters. The number of carbonyl (C=O) groups excluding carboxylic acids is 1. The average Bonchev–Trinajstić information content (AvgIpc) is 2.35. The van der Waals surface area contributed by atoms with Crippen molar-refractivity contribution in [2.75, 3.05) is 7.11 Å². The van der Waals surface area contributed by atoms with Crippen LogP contribution in [0.15, 0.2) is 12.1 Å². The number of methoxy groups -OCH3 is 1. The van der Waals surface area contributed by atoms with Gasteiger partial charge in [0.2, 0.25) is 0 Å². The third kappa shape index (κ3) is 2.23. The zero-order valence-electron chi connectivity index (χ0n) is 9.39. The highest BCUT2D eigenvalue weighted by Crippen LogP contribution is 2.28. The molecule has 0 fully saturated rings. The van der Waals surface area contributed by atoms with Crippen LogP contribution in [0.1, 0.15) is 28.4 Å². The molecule has 1 aromatic rings. The van der Waals surface area contributed by atoms with E-state index in [2.05, 4.69) is 4.74 Å². The maximum absolute atomic E-state index is 11.5. The Morgan fingerprint density at radius 2 is 2.24 bits per heavy atom. The first kappa shape index (κ1) is 12.6. The van der Waals surface area contributed by atoms with E-state index >= 15 is 0 Å². The molecule has 0 amide bonds. The van der Waals surface area contributed by atoms with Gasteiger partial charge in [-0.05, 0) is 12.5 Å². The molecule has 0 saturated carbocycles. The lowest BCUT2D eigenvalue weighted by Crippen LogP contribution is -2.10. The zero-order chi connectivity index (χ0) is 13.0. The summed E-state index contributed by atoms with van der Waals surface area (Å²) in [5.41, 5.74) is -0.284. The van der Waals surface area contributed by atoms with E-state index in [1.54, 1.807) is 13.0 Å². The van der Waals surface area contributed by atoms with Crippen LogP contribution in [0.2, 0.25) is 0 Å². The van der Waals surface area contributed by atoms with Gasteiger partial charge in [0, 0.05) is 5.56 Å². The number of nitrogens with zero attached hydrogens (tertiary/aromatic N) is 2. The molecule has 0 saturated heterocycles. The van der Waals surface area contributed by atoms with Crippen LogP contribution in [0.4, 0.5) is 5.69 Å². The second-order valence-electron chi connectivity index (χ2n) is 3.21. The summed E-state index contributed by atoms with van der Waals surface area (Å²) < 4.78 is 4.47. The van der Waals surface area contributed by atoms with Crippen molar-refractivity contribution in [3.05, 3.63) is 38.9 Å². The first-order valence-corrected chi connectivity index (χ1v) is 4.85. The molecule has 0 radical (unpaired) electrons. The van der Waals surface area contributed by atoms with Crippen molar-refractivity contribution in [2.24, 2.45) is 0 Å². The van der Waals surface area contributed by atoms with E-state index in [1.807, 2.05) is 0 Å². The number of carbonyl (C=O) groups is 1. The number of ether oxygens (including phenoxy) is 1. The fraction of sp³-hybridized carbons (Fsp3) is 0.273. The number of aryl methyl sites for hydroxylation is 1. The summed E-state index contributed by atoms with van der Waals surface area (Å²) in [5, 5.41) is 19.8. The summed E-state index contributed by atoms with van der Waals surface area (Å²) in [7, 11) is 1.12. The van der Waals surface area contributed by atoms with E-state index in [4.69, 9.17) is 5.26 Å². The monoisotopic (exact) mass is 234 g/mol. The van der Waals surface area contributed by atoms with E-state index in [0.29, 0.717) is 12.0 Å². The van der Waals surface area contributed by atoms with Gasteiger partial charge in [-0.15, -0.1) is 0 Å². The Hall–Kier alpha value is -2.42. The smallest absolute Gasteiger partial charge is 0.346 e. The summed E-state index contributed by atoms with van der Waals surface area (Å²) in [4.78, 5) is 21.8. The first-order chi connectivity index (χ1) is 8.06. The van der Waals surface area contributed by atoms with Crippen molar-refractivity contribution in [1.82, 2.24) is 0 Å². The van der Waals surface area contributed by atoms with Crippen molar-refractivity contribution in [3.8, 4) is 6.07 Å². The third-order valence-corrected chi connectivity index (χ3v) is 2.33. The van der Waals surface area contributed by atoms with Gasteiger partial charge in [-0.2, -0.15) is 5.26 Å². The van der Waals surface area contributed by atoms with Gasteiger partial charge in [0.05, 0.1) is 17.6 Å². The molecule has 6 nitrogen and oxygen atoms in total. The predicted octanol–water partition coefficient (Wildman–Crippen LogP) is 1.82. The Morgan fingerprint density at radius 3 is 2.65 bits per heavy atom. The normalized spacial score (nSPS) is 9.47. The average molecular weight is 234 g/mol. The van der Waals surface area contributed by atoms with Crippen molar-refractivity contribution < 1.29 is 14.5 Å². The lowest BCUT2D eigenvalue weighted by molar-refractivity contribution is -0.385. The number of rotatable bonds is 3. The molecule has 0 atom stereocenters. The lowest BCUT2D eigenvalue weighted by atomic mass is 10.00. The molecule has 17 heavy (non-hydrogen) atoms. The van der Waals surface area contributed by atoms with Crippen LogP contribution in [0, 0.1) is 21.4 Å². The second-order valence-corrected chi connectivity index (χ2v) is 3.21. The zero-order valence-corrected chi connectivity index (χ0v) is 9.39. The molecule has 0 spiro atoms. The minimum Gasteiger partial charge on any atom is -0.465 e. The van der Waals surface area contributed by atoms with Crippen molar-refractivity contribution in [2.45, 2.75) is 13.3 Å². The molecule has 0 bridgehead atoms. The van der Waals surface area contributed by atoms with Gasteiger partial charge in [0.1, 0.15) is 6.07 Å². The molecule has 0 aliphatic carbocycles. The highest BCUT2D eigenvalue weighted by molar-refractivity contribution is 5.97. The summed E-state index contributed by atoms with van der Waals surface area (Å²) in [6, 6.07) is 4.61. The van der Waals surface area contributed by atoms with E-state index in [-0.39, 0.29) is 16.8 Å². The SMILES string of the molecule is CCc1ccc(C#N)c(C(=O)OC)c1[N+](=O)[O-]. The maximum atomic E-state index is 11.5. The number of esters is 1. The van der Waals surface area contributed by atoms with Crippen molar-refractivity contribution >= 4 is 11.7 Å². The predicted molar refractivity (Wildman–Crippen MR) is 58.5 cm³/mol. The highest BCUT2D eigenvalue weighted by Gasteiger charge is 2.28. The Morgan fingerprint density at radius 1 is 1.59 bits per heavy atom. The summed E-state index contributed by atoms with van der Waals surface area (Å²) in [6.45, 7) is 1.73. The maximum Gasteiger partial charge on any atom is 0.346 e. The van der Waals surface area contributed by atoms with E-state index in [0.717, 1.165) is 7.11 Å². The van der Waals surface area contributed by atoms with Gasteiger partial charge in [0.15, 0.2) is 5.56 Å². The van der Waals surface area contributed by atoms with Gasteiger partial charge < -0.3 is 4.74 Å². The van der Waals surface area contributed by atoms with Crippen molar-refractivity contribution in [3.63, 3.8) is 0 Å². The fourth-order valence-electron chi connectivity index (χ4n) is 1.53. The van der Waals surface area contributed by atoms with Crippen molar-refractivity contribution in [1.29, 1.82) is 5.26 Å². The van der Waals surface area contributed by atoms with E-state index < -0.39 is 10.9 Å². The van der Waals surface area contributed by atoms with Crippen LogP contribution in [0.5, 0.6) is 0 Å². The van der Waals surface area contributed by atoms with Crippen LogP contribution < -0.4 is 0 Å². The Bertz CT molecular complexity index is 517. The number of hydrogen-bond donors (Lipinski definition) is 0. The van der Waals surface area contributed by atoms with Crippen LogP contribution in [-0.4, -0.2) is 18.0 Å². The standard InChI is InChI=1S/C11H10N2O4/c1-3-7-4-5-8(6-12)9(11(14)17-2)10(7)13(15)16/h4-5H,3H2,1-2H3.